The van der Waals surface area contributed by atoms with Crippen LogP contribution in [0.25, 0.3) is 0 Å². The average molecular weight is 357 g/mol. The van der Waals surface area contributed by atoms with Crippen LogP contribution in [0.15, 0.2) is 30.9 Å². The molecular weight excluding hydrogens is 330 g/mol. The van der Waals surface area contributed by atoms with E-state index < -0.39 is 6.10 Å². The molecule has 0 radical (unpaired) electrons. The van der Waals surface area contributed by atoms with Gasteiger partial charge in [-0.2, -0.15) is 0 Å². The van der Waals surface area contributed by atoms with Crippen molar-refractivity contribution in [3.63, 3.8) is 0 Å². The van der Waals surface area contributed by atoms with Crippen LogP contribution < -0.4 is 10.1 Å². The maximum Gasteiger partial charge on any atom is 0.265 e. The number of amides is 1. The van der Waals surface area contributed by atoms with Crippen LogP contribution in [0.5, 0.6) is 5.75 Å². The van der Waals surface area contributed by atoms with E-state index in [4.69, 9.17) is 4.74 Å². The standard InChI is InChI=1S/C20H27N3O3/c1-3-4-5-17(24)14-23-10-8-22(9-11-23)13-16-6-7-19-18(12-16)21-20(25)15(2)26-19/h3,6-7,12,15H,1,4-5,8-11,13-14H2,2H3,(H,21,25). The van der Waals surface area contributed by atoms with E-state index in [2.05, 4.69) is 21.7 Å². The second kappa shape index (κ2) is 8.47. The Kier molecular flexibility index (Phi) is 6.06. The number of ketones is 1. The number of carbonyl (C=O) groups is 2. The van der Waals surface area contributed by atoms with Crippen molar-refractivity contribution in [2.75, 3.05) is 38.0 Å². The molecular formula is C20H27N3O3. The highest BCUT2D eigenvalue weighted by atomic mass is 16.5. The zero-order valence-corrected chi connectivity index (χ0v) is 15.4. The molecule has 1 N–H and O–H groups in total. The Balaban J connectivity index is 1.49. The molecule has 1 atom stereocenters. The van der Waals surface area contributed by atoms with Crippen molar-refractivity contribution in [2.45, 2.75) is 32.4 Å². The van der Waals surface area contributed by atoms with Crippen molar-refractivity contribution >= 4 is 17.4 Å². The predicted octanol–water partition coefficient (Wildman–Crippen LogP) is 2.06. The van der Waals surface area contributed by atoms with Gasteiger partial charge in [-0.15, -0.1) is 6.58 Å². The molecule has 0 aliphatic carbocycles. The fourth-order valence-electron chi connectivity index (χ4n) is 3.31. The van der Waals surface area contributed by atoms with Crippen LogP contribution in [0, 0.1) is 0 Å². The Hall–Kier alpha value is -2.18. The summed E-state index contributed by atoms with van der Waals surface area (Å²) in [6, 6.07) is 5.97. The number of allylic oxidation sites excluding steroid dienone is 1. The Morgan fingerprint density at radius 1 is 1.31 bits per heavy atom. The summed E-state index contributed by atoms with van der Waals surface area (Å²) in [5.41, 5.74) is 1.90. The lowest BCUT2D eigenvalue weighted by atomic mass is 10.1. The van der Waals surface area contributed by atoms with Crippen molar-refractivity contribution in [1.29, 1.82) is 0 Å². The van der Waals surface area contributed by atoms with Gasteiger partial charge in [-0.3, -0.25) is 19.4 Å². The number of nitrogens with one attached hydrogen (secondary N) is 1. The second-order valence-corrected chi connectivity index (χ2v) is 7.00. The van der Waals surface area contributed by atoms with Crippen LogP contribution in [-0.2, 0) is 16.1 Å². The van der Waals surface area contributed by atoms with E-state index in [1.54, 1.807) is 13.0 Å². The maximum absolute atomic E-state index is 11.9. The molecule has 1 aromatic carbocycles. The number of piperazine rings is 1. The number of Topliss-reactive ketones (excluding diaryl/α,β-unsaturated/α-hetero) is 1. The minimum atomic E-state index is -0.449. The van der Waals surface area contributed by atoms with Gasteiger partial charge >= 0.3 is 0 Å². The Morgan fingerprint density at radius 2 is 2.04 bits per heavy atom. The summed E-state index contributed by atoms with van der Waals surface area (Å²) in [5, 5.41) is 2.90. The highest BCUT2D eigenvalue weighted by molar-refractivity contribution is 5.97. The molecule has 140 valence electrons. The van der Waals surface area contributed by atoms with Crippen LogP contribution in [0.1, 0.15) is 25.3 Å². The molecule has 0 aromatic heterocycles. The molecule has 6 nitrogen and oxygen atoms in total. The molecule has 6 heteroatoms. The summed E-state index contributed by atoms with van der Waals surface area (Å²) in [4.78, 5) is 28.2. The summed E-state index contributed by atoms with van der Waals surface area (Å²) >= 11 is 0. The molecule has 2 heterocycles. The molecule has 2 aliphatic rings. The first kappa shape index (κ1) is 18.6. The highest BCUT2D eigenvalue weighted by Crippen LogP contribution is 2.30. The summed E-state index contributed by atoms with van der Waals surface area (Å²) in [5.74, 6) is 0.908. The molecule has 1 saturated heterocycles. The van der Waals surface area contributed by atoms with Crippen molar-refractivity contribution in [1.82, 2.24) is 9.80 Å². The zero-order chi connectivity index (χ0) is 18.5. The topological polar surface area (TPSA) is 61.9 Å². The molecule has 26 heavy (non-hydrogen) atoms. The van der Waals surface area contributed by atoms with E-state index in [1.807, 2.05) is 18.2 Å². The summed E-state index contributed by atoms with van der Waals surface area (Å²) in [7, 11) is 0. The molecule has 1 aromatic rings. The fourth-order valence-corrected chi connectivity index (χ4v) is 3.31. The van der Waals surface area contributed by atoms with Gasteiger partial charge in [-0.1, -0.05) is 12.1 Å². The van der Waals surface area contributed by atoms with Gasteiger partial charge < -0.3 is 10.1 Å². The molecule has 0 saturated carbocycles. The Labute approximate surface area is 154 Å². The first-order valence-electron chi connectivity index (χ1n) is 9.23. The monoisotopic (exact) mass is 357 g/mol. The van der Waals surface area contributed by atoms with Crippen LogP contribution in [0.3, 0.4) is 0 Å². The predicted molar refractivity (Wildman–Crippen MR) is 101 cm³/mol. The molecule has 3 rings (SSSR count). The summed E-state index contributed by atoms with van der Waals surface area (Å²) < 4.78 is 5.60. The molecule has 1 unspecified atom stereocenters. The Bertz CT molecular complexity index is 681. The highest BCUT2D eigenvalue weighted by Gasteiger charge is 2.24. The van der Waals surface area contributed by atoms with Crippen LogP contribution in [-0.4, -0.2) is 60.3 Å². The second-order valence-electron chi connectivity index (χ2n) is 7.00. The fraction of sp³-hybridized carbons (Fsp3) is 0.500. The number of carbonyl (C=O) groups excluding carboxylic acids is 2. The number of hydrogen-bond acceptors (Lipinski definition) is 5. The van der Waals surface area contributed by atoms with Gasteiger partial charge in [0, 0.05) is 39.1 Å². The third-order valence-corrected chi connectivity index (χ3v) is 4.87. The molecule has 0 spiro atoms. The normalized spacial score (nSPS) is 20.8. The molecule has 0 bridgehead atoms. The number of anilines is 1. The van der Waals surface area contributed by atoms with Gasteiger partial charge in [-0.05, 0) is 31.0 Å². The van der Waals surface area contributed by atoms with Gasteiger partial charge in [0.25, 0.3) is 5.91 Å². The van der Waals surface area contributed by atoms with Gasteiger partial charge in [-0.25, -0.2) is 0 Å². The number of ether oxygens (including phenoxy) is 1. The minimum absolute atomic E-state index is 0.107. The third-order valence-electron chi connectivity index (χ3n) is 4.87. The minimum Gasteiger partial charge on any atom is -0.479 e. The van der Waals surface area contributed by atoms with E-state index in [-0.39, 0.29) is 11.7 Å². The smallest absolute Gasteiger partial charge is 0.265 e. The summed E-state index contributed by atoms with van der Waals surface area (Å²) in [6.07, 6.45) is 2.69. The van der Waals surface area contributed by atoms with E-state index in [1.165, 1.54) is 0 Å². The molecule has 1 fully saturated rings. The number of benzene rings is 1. The third kappa shape index (κ3) is 4.71. The van der Waals surface area contributed by atoms with Crippen molar-refractivity contribution in [2.24, 2.45) is 0 Å². The average Bonchev–Trinajstić information content (AvgIpc) is 2.63. The largest absolute Gasteiger partial charge is 0.479 e. The van der Waals surface area contributed by atoms with E-state index >= 15 is 0 Å². The van der Waals surface area contributed by atoms with E-state index in [0.29, 0.717) is 13.0 Å². The van der Waals surface area contributed by atoms with Crippen molar-refractivity contribution in [3.8, 4) is 5.75 Å². The van der Waals surface area contributed by atoms with Crippen LogP contribution in [0.2, 0.25) is 0 Å². The van der Waals surface area contributed by atoms with Crippen molar-refractivity contribution < 1.29 is 14.3 Å². The maximum atomic E-state index is 11.9. The van der Waals surface area contributed by atoms with E-state index in [0.717, 1.165) is 56.1 Å². The zero-order valence-electron chi connectivity index (χ0n) is 15.4. The van der Waals surface area contributed by atoms with Gasteiger partial charge in [0.05, 0.1) is 12.2 Å². The Morgan fingerprint density at radius 3 is 2.77 bits per heavy atom. The van der Waals surface area contributed by atoms with Crippen LogP contribution in [0.4, 0.5) is 5.69 Å². The van der Waals surface area contributed by atoms with Gasteiger partial charge in [0.1, 0.15) is 11.5 Å². The lowest BCUT2D eigenvalue weighted by molar-refractivity contribution is -0.123. The molecule has 2 aliphatic heterocycles. The number of nitrogens with zero attached hydrogens (tertiary/aromatic N) is 2. The first-order valence-corrected chi connectivity index (χ1v) is 9.23. The first-order chi connectivity index (χ1) is 12.5. The lowest BCUT2D eigenvalue weighted by Gasteiger charge is -2.34. The SMILES string of the molecule is C=CCCC(=O)CN1CCN(Cc2ccc3c(c2)NC(=O)C(C)O3)CC1. The van der Waals surface area contributed by atoms with Crippen molar-refractivity contribution in [3.05, 3.63) is 36.4 Å². The quantitative estimate of drug-likeness (QED) is 0.757. The summed E-state index contributed by atoms with van der Waals surface area (Å²) in [6.45, 7) is 10.5. The van der Waals surface area contributed by atoms with Gasteiger partial charge in [0.15, 0.2) is 6.10 Å². The lowest BCUT2D eigenvalue weighted by Crippen LogP contribution is -2.47. The van der Waals surface area contributed by atoms with Crippen LogP contribution >= 0.6 is 0 Å². The number of fused-ring (bicyclic) bond motifs is 1. The number of hydrogen-bond donors (Lipinski definition) is 1. The van der Waals surface area contributed by atoms with E-state index in [9.17, 15) is 9.59 Å². The number of rotatable bonds is 7. The molecule has 1 amide bonds. The van der Waals surface area contributed by atoms with Gasteiger partial charge in [0.2, 0.25) is 0 Å².